The molecule has 3 nitrogen and oxygen atoms in total. The van der Waals surface area contributed by atoms with E-state index in [0.29, 0.717) is 11.8 Å². The van der Waals surface area contributed by atoms with Gasteiger partial charge in [-0.05, 0) is 138 Å². The van der Waals surface area contributed by atoms with Gasteiger partial charge in [-0.3, -0.25) is 0 Å². The monoisotopic (exact) mass is 528 g/mol. The molecule has 0 aliphatic heterocycles. The van der Waals surface area contributed by atoms with E-state index in [1.807, 2.05) is 0 Å². The molecule has 4 aliphatic carbocycles. The molecule has 3 aromatic carbocycles. The molecule has 4 aliphatic rings. The van der Waals surface area contributed by atoms with Crippen LogP contribution in [0.1, 0.15) is 56.6 Å². The van der Waals surface area contributed by atoms with E-state index in [2.05, 4.69) is 93.6 Å². The first-order chi connectivity index (χ1) is 18.5. The highest BCUT2D eigenvalue weighted by Crippen LogP contribution is 2.60. The second-order valence-corrected chi connectivity index (χ2v) is 14.0. The van der Waals surface area contributed by atoms with Crippen LogP contribution in [0.3, 0.4) is 0 Å². The number of ether oxygens (including phenoxy) is 2. The van der Waals surface area contributed by atoms with E-state index in [9.17, 15) is 4.79 Å². The highest BCUT2D eigenvalue weighted by atomic mass is 32.2. The summed E-state index contributed by atoms with van der Waals surface area (Å²) in [6.45, 7) is 6.36. The van der Waals surface area contributed by atoms with Crippen molar-refractivity contribution in [1.29, 1.82) is 0 Å². The van der Waals surface area contributed by atoms with Gasteiger partial charge in [-0.15, -0.1) is 0 Å². The van der Waals surface area contributed by atoms with Crippen LogP contribution < -0.4 is 4.74 Å². The summed E-state index contributed by atoms with van der Waals surface area (Å²) in [5.74, 6) is 3.37. The molecule has 0 unspecified atom stereocenters. The number of aryl methyl sites for hydroxylation is 2. The topological polar surface area (TPSA) is 35.5 Å². The van der Waals surface area contributed by atoms with Crippen LogP contribution in [0.25, 0.3) is 0 Å². The Morgan fingerprint density at radius 3 is 1.76 bits per heavy atom. The summed E-state index contributed by atoms with van der Waals surface area (Å²) in [4.78, 5) is 17.1. The molecule has 4 saturated carbocycles. The molecular weight excluding hydrogens is 488 g/mol. The third kappa shape index (κ3) is 4.66. The molecule has 4 fully saturated rings. The quantitative estimate of drug-likeness (QED) is 0.236. The first-order valence-electron chi connectivity index (χ1n) is 14.3. The summed E-state index contributed by atoms with van der Waals surface area (Å²) in [6, 6.07) is 26.0. The van der Waals surface area contributed by atoms with Crippen LogP contribution in [0.2, 0.25) is 0 Å². The maximum Gasteiger partial charge on any atom is 0.344 e. The van der Waals surface area contributed by atoms with Crippen LogP contribution >= 0.6 is 10.9 Å². The fraction of sp³-hybridized carbons (Fsp3) is 0.441. The standard InChI is InChI=1S/C34H40O3S/c1-4-34(27-18-25-17-26(20-27)21-28(34)19-25)37-32(35)22-36-33-23(2)15-31(16-24(33)3)38(29-11-7-5-8-12-29)30-13-9-6-10-14-30/h5-16,25-28,38H,4,17-22H2,1-3H3. The Bertz CT molecular complexity index is 1200. The third-order valence-corrected chi connectivity index (χ3v) is 11.8. The van der Waals surface area contributed by atoms with Crippen molar-refractivity contribution in [3.8, 4) is 5.75 Å². The van der Waals surface area contributed by atoms with Crippen LogP contribution in [-0.4, -0.2) is 18.2 Å². The van der Waals surface area contributed by atoms with E-state index in [4.69, 9.17) is 9.47 Å². The maximum absolute atomic E-state index is 13.2. The minimum Gasteiger partial charge on any atom is -0.481 e. The third-order valence-electron chi connectivity index (χ3n) is 9.44. The zero-order valence-corrected chi connectivity index (χ0v) is 23.8. The summed E-state index contributed by atoms with van der Waals surface area (Å²) < 4.78 is 12.6. The Morgan fingerprint density at radius 2 is 1.29 bits per heavy atom. The van der Waals surface area contributed by atoms with Gasteiger partial charge in [-0.2, -0.15) is 10.9 Å². The van der Waals surface area contributed by atoms with Crippen molar-refractivity contribution >= 4 is 16.9 Å². The Kier molecular flexibility index (Phi) is 7.03. The van der Waals surface area contributed by atoms with Gasteiger partial charge in [0.25, 0.3) is 0 Å². The highest BCUT2D eigenvalue weighted by Gasteiger charge is 2.58. The number of rotatable bonds is 8. The normalized spacial score (nSPS) is 27.7. The van der Waals surface area contributed by atoms with Gasteiger partial charge in [-0.1, -0.05) is 43.3 Å². The van der Waals surface area contributed by atoms with Crippen molar-refractivity contribution in [3.05, 3.63) is 83.9 Å². The second kappa shape index (κ2) is 10.4. The molecule has 0 heterocycles. The SMILES string of the molecule is CCC1(OC(=O)COc2c(C)cc([SH](c3ccccc3)c3ccccc3)cc2C)C2CC3CC(C2)CC1C3. The van der Waals surface area contributed by atoms with E-state index >= 15 is 0 Å². The predicted molar refractivity (Wildman–Crippen MR) is 154 cm³/mol. The molecule has 3 aromatic rings. The van der Waals surface area contributed by atoms with Crippen molar-refractivity contribution in [2.75, 3.05) is 6.61 Å². The fourth-order valence-corrected chi connectivity index (χ4v) is 10.5. The van der Waals surface area contributed by atoms with Crippen LogP contribution in [0.4, 0.5) is 0 Å². The zero-order chi connectivity index (χ0) is 26.3. The van der Waals surface area contributed by atoms with E-state index in [0.717, 1.165) is 35.1 Å². The molecule has 0 radical (unpaired) electrons. The summed E-state index contributed by atoms with van der Waals surface area (Å²) in [5, 5.41) is 0. The summed E-state index contributed by atoms with van der Waals surface area (Å²) in [5.41, 5.74) is 1.85. The molecule has 0 spiro atoms. The lowest BCUT2D eigenvalue weighted by molar-refractivity contribution is -0.212. The molecular formula is C34H40O3S. The van der Waals surface area contributed by atoms with Gasteiger partial charge in [0.05, 0.1) is 0 Å². The minimum absolute atomic E-state index is 0.0266. The zero-order valence-electron chi connectivity index (χ0n) is 22.9. The second-order valence-electron chi connectivity index (χ2n) is 11.8. The maximum atomic E-state index is 13.2. The van der Waals surface area contributed by atoms with Crippen LogP contribution in [0, 0.1) is 37.5 Å². The first kappa shape index (κ1) is 25.6. The summed E-state index contributed by atoms with van der Waals surface area (Å²) >= 11 is 0. The Balaban J connectivity index is 1.20. The lowest BCUT2D eigenvalue weighted by atomic mass is 9.49. The Labute approximate surface area is 230 Å². The molecule has 0 saturated heterocycles. The molecule has 4 bridgehead atoms. The van der Waals surface area contributed by atoms with Crippen molar-refractivity contribution in [2.24, 2.45) is 23.7 Å². The van der Waals surface area contributed by atoms with Gasteiger partial charge < -0.3 is 9.47 Å². The van der Waals surface area contributed by atoms with Crippen molar-refractivity contribution < 1.29 is 14.3 Å². The Hall–Kier alpha value is -2.72. The molecule has 7 rings (SSSR count). The largest absolute Gasteiger partial charge is 0.481 e. The Morgan fingerprint density at radius 1 is 0.789 bits per heavy atom. The molecule has 38 heavy (non-hydrogen) atoms. The number of hydrogen-bond acceptors (Lipinski definition) is 3. The van der Waals surface area contributed by atoms with Gasteiger partial charge in [0.1, 0.15) is 11.4 Å². The van der Waals surface area contributed by atoms with Crippen LogP contribution in [0.5, 0.6) is 5.75 Å². The average Bonchev–Trinajstić information content (AvgIpc) is 2.91. The highest BCUT2D eigenvalue weighted by molar-refractivity contribution is 8.17. The lowest BCUT2D eigenvalue weighted by Gasteiger charge is -2.60. The van der Waals surface area contributed by atoms with Gasteiger partial charge in [-0.25, -0.2) is 4.79 Å². The number of carbonyl (C=O) groups is 1. The molecule has 200 valence electrons. The number of benzene rings is 3. The van der Waals surface area contributed by atoms with Gasteiger partial charge in [0.2, 0.25) is 0 Å². The molecule has 0 N–H and O–H groups in total. The molecule has 0 aromatic heterocycles. The lowest BCUT2D eigenvalue weighted by Crippen LogP contribution is -2.59. The van der Waals surface area contributed by atoms with Gasteiger partial charge in [0, 0.05) is 0 Å². The predicted octanol–water partition coefficient (Wildman–Crippen LogP) is 8.31. The van der Waals surface area contributed by atoms with Gasteiger partial charge in [0.15, 0.2) is 6.61 Å². The van der Waals surface area contributed by atoms with Gasteiger partial charge >= 0.3 is 5.97 Å². The smallest absolute Gasteiger partial charge is 0.344 e. The van der Waals surface area contributed by atoms with E-state index < -0.39 is 10.9 Å². The molecule has 0 atom stereocenters. The van der Waals surface area contributed by atoms with Crippen LogP contribution in [0.15, 0.2) is 87.5 Å². The summed E-state index contributed by atoms with van der Waals surface area (Å²) in [7, 11) is -0.687. The van der Waals surface area contributed by atoms with E-state index in [1.54, 1.807) is 0 Å². The van der Waals surface area contributed by atoms with E-state index in [-0.39, 0.29) is 18.2 Å². The summed E-state index contributed by atoms with van der Waals surface area (Å²) in [6.07, 6.45) is 7.26. The fourth-order valence-electron chi connectivity index (χ4n) is 8.06. The molecule has 0 amide bonds. The number of hydrogen-bond donors (Lipinski definition) is 1. The number of esters is 1. The average molecular weight is 529 g/mol. The van der Waals surface area contributed by atoms with Crippen LogP contribution in [-0.2, 0) is 9.53 Å². The van der Waals surface area contributed by atoms with Crippen molar-refractivity contribution in [3.63, 3.8) is 0 Å². The molecule has 4 heteroatoms. The van der Waals surface area contributed by atoms with Crippen molar-refractivity contribution in [1.82, 2.24) is 0 Å². The number of thiol groups is 1. The minimum atomic E-state index is -0.687. The number of carbonyl (C=O) groups excluding carboxylic acids is 1. The van der Waals surface area contributed by atoms with E-state index in [1.165, 1.54) is 46.8 Å². The van der Waals surface area contributed by atoms with Crippen molar-refractivity contribution in [2.45, 2.75) is 79.6 Å². The first-order valence-corrected chi connectivity index (χ1v) is 15.7.